The zero-order chi connectivity index (χ0) is 11.5. The molecule has 0 aliphatic heterocycles. The van der Waals surface area contributed by atoms with Gasteiger partial charge in [0.2, 0.25) is 0 Å². The maximum Gasteiger partial charge on any atom is 0.127 e. The van der Waals surface area contributed by atoms with Crippen LogP contribution >= 0.6 is 11.6 Å². The van der Waals surface area contributed by atoms with E-state index in [1.165, 1.54) is 12.3 Å². The van der Waals surface area contributed by atoms with Gasteiger partial charge in [0.15, 0.2) is 0 Å². The van der Waals surface area contributed by atoms with Crippen LogP contribution < -0.4 is 0 Å². The van der Waals surface area contributed by atoms with E-state index < -0.39 is 11.9 Å². The molecule has 0 saturated heterocycles. The Balaban J connectivity index is 2.15. The van der Waals surface area contributed by atoms with Gasteiger partial charge < -0.3 is 5.11 Å². The van der Waals surface area contributed by atoms with Crippen LogP contribution in [0.1, 0.15) is 17.4 Å². The molecule has 0 amide bonds. The standard InChI is InChI=1S/C10H9ClFN3O/c11-7-2-1-6(8(12)4-7)3-10(16)9-5-13-15-14-9/h1-2,4-5,10,16H,3H2,(H,13,14,15). The number of hydrogen-bond donors (Lipinski definition) is 2. The van der Waals surface area contributed by atoms with Crippen LogP contribution in [0.25, 0.3) is 0 Å². The number of hydrogen-bond acceptors (Lipinski definition) is 3. The van der Waals surface area contributed by atoms with Crippen LogP contribution in [-0.4, -0.2) is 20.5 Å². The topological polar surface area (TPSA) is 61.8 Å². The molecule has 1 unspecified atom stereocenters. The Hall–Kier alpha value is -1.46. The van der Waals surface area contributed by atoms with Crippen LogP contribution in [0, 0.1) is 5.82 Å². The van der Waals surface area contributed by atoms with Gasteiger partial charge in [-0.25, -0.2) is 4.39 Å². The lowest BCUT2D eigenvalue weighted by atomic mass is 10.1. The van der Waals surface area contributed by atoms with E-state index in [9.17, 15) is 9.50 Å². The Morgan fingerprint density at radius 2 is 2.31 bits per heavy atom. The summed E-state index contributed by atoms with van der Waals surface area (Å²) in [6, 6.07) is 4.34. The van der Waals surface area contributed by atoms with Gasteiger partial charge in [0, 0.05) is 11.4 Å². The fourth-order valence-electron chi connectivity index (χ4n) is 1.37. The quantitative estimate of drug-likeness (QED) is 0.863. The van der Waals surface area contributed by atoms with E-state index in [2.05, 4.69) is 15.4 Å². The third-order valence-electron chi connectivity index (χ3n) is 2.20. The number of nitrogens with zero attached hydrogens (tertiary/aromatic N) is 2. The molecule has 2 rings (SSSR count). The monoisotopic (exact) mass is 241 g/mol. The fourth-order valence-corrected chi connectivity index (χ4v) is 1.53. The summed E-state index contributed by atoms with van der Waals surface area (Å²) in [5.74, 6) is -0.435. The zero-order valence-corrected chi connectivity index (χ0v) is 8.95. The Kier molecular flexibility index (Phi) is 3.17. The van der Waals surface area contributed by atoms with Gasteiger partial charge in [0.25, 0.3) is 0 Å². The number of aliphatic hydroxyl groups excluding tert-OH is 1. The molecular weight excluding hydrogens is 233 g/mol. The first-order valence-corrected chi connectivity index (χ1v) is 5.02. The van der Waals surface area contributed by atoms with E-state index in [0.717, 1.165) is 0 Å². The number of H-pyrrole nitrogens is 1. The zero-order valence-electron chi connectivity index (χ0n) is 8.19. The number of nitrogens with one attached hydrogen (secondary N) is 1. The summed E-state index contributed by atoms with van der Waals surface area (Å²) in [7, 11) is 0. The number of aromatic amines is 1. The van der Waals surface area contributed by atoms with Crippen molar-refractivity contribution in [1.82, 2.24) is 15.4 Å². The fraction of sp³-hybridized carbons (Fsp3) is 0.200. The van der Waals surface area contributed by atoms with Crippen molar-refractivity contribution in [2.75, 3.05) is 0 Å². The smallest absolute Gasteiger partial charge is 0.127 e. The van der Waals surface area contributed by atoms with Gasteiger partial charge in [0.1, 0.15) is 17.6 Å². The summed E-state index contributed by atoms with van der Waals surface area (Å²) >= 11 is 5.62. The van der Waals surface area contributed by atoms with E-state index >= 15 is 0 Å². The van der Waals surface area contributed by atoms with Crippen molar-refractivity contribution in [2.24, 2.45) is 0 Å². The van der Waals surface area contributed by atoms with Crippen molar-refractivity contribution >= 4 is 11.6 Å². The second kappa shape index (κ2) is 4.59. The van der Waals surface area contributed by atoms with Gasteiger partial charge in [-0.3, -0.25) is 0 Å². The van der Waals surface area contributed by atoms with E-state index in [-0.39, 0.29) is 6.42 Å². The summed E-state index contributed by atoms with van der Waals surface area (Å²) in [5, 5.41) is 19.7. The number of aliphatic hydroxyl groups is 1. The minimum Gasteiger partial charge on any atom is -0.386 e. The number of rotatable bonds is 3. The SMILES string of the molecule is OC(Cc1ccc(Cl)cc1F)c1cn[nH]n1. The lowest BCUT2D eigenvalue weighted by Crippen LogP contribution is -2.04. The molecule has 1 aromatic heterocycles. The van der Waals surface area contributed by atoms with E-state index in [0.29, 0.717) is 16.3 Å². The second-order valence-corrected chi connectivity index (χ2v) is 3.79. The average Bonchev–Trinajstić information content (AvgIpc) is 2.75. The van der Waals surface area contributed by atoms with Crippen LogP contribution in [0.2, 0.25) is 5.02 Å². The molecule has 2 N–H and O–H groups in total. The van der Waals surface area contributed by atoms with E-state index in [1.54, 1.807) is 12.1 Å². The highest BCUT2D eigenvalue weighted by Crippen LogP contribution is 2.20. The molecule has 1 aromatic carbocycles. The molecule has 0 saturated carbocycles. The highest BCUT2D eigenvalue weighted by molar-refractivity contribution is 6.30. The first kappa shape index (κ1) is 11.0. The van der Waals surface area contributed by atoms with Gasteiger partial charge in [-0.15, -0.1) is 0 Å². The molecule has 6 heteroatoms. The highest BCUT2D eigenvalue weighted by Gasteiger charge is 2.13. The summed E-state index contributed by atoms with van der Waals surface area (Å²) < 4.78 is 13.4. The second-order valence-electron chi connectivity index (χ2n) is 3.35. The molecule has 0 aliphatic carbocycles. The maximum atomic E-state index is 13.4. The lowest BCUT2D eigenvalue weighted by molar-refractivity contribution is 0.172. The Bertz CT molecular complexity index is 475. The molecule has 0 fully saturated rings. The van der Waals surface area contributed by atoms with Crippen molar-refractivity contribution in [3.05, 3.63) is 46.5 Å². The molecular formula is C10H9ClFN3O. The molecule has 2 aromatic rings. The van der Waals surface area contributed by atoms with Crippen LogP contribution in [0.4, 0.5) is 4.39 Å². The van der Waals surface area contributed by atoms with Gasteiger partial charge in [-0.2, -0.15) is 15.4 Å². The molecule has 0 bridgehead atoms. The largest absolute Gasteiger partial charge is 0.386 e. The maximum absolute atomic E-state index is 13.4. The third kappa shape index (κ3) is 2.37. The van der Waals surface area contributed by atoms with Crippen molar-refractivity contribution < 1.29 is 9.50 Å². The Morgan fingerprint density at radius 3 is 2.94 bits per heavy atom. The Labute approximate surface area is 96.1 Å². The molecule has 0 spiro atoms. The third-order valence-corrected chi connectivity index (χ3v) is 2.44. The van der Waals surface area contributed by atoms with Gasteiger partial charge in [-0.05, 0) is 17.7 Å². The molecule has 1 atom stereocenters. The summed E-state index contributed by atoms with van der Waals surface area (Å²) in [6.07, 6.45) is 0.656. The predicted molar refractivity (Wildman–Crippen MR) is 56.5 cm³/mol. The summed E-state index contributed by atoms with van der Waals surface area (Å²) in [5.41, 5.74) is 0.772. The van der Waals surface area contributed by atoms with Crippen LogP contribution in [-0.2, 0) is 6.42 Å². The normalized spacial score (nSPS) is 12.7. The Morgan fingerprint density at radius 1 is 1.50 bits per heavy atom. The van der Waals surface area contributed by atoms with Gasteiger partial charge >= 0.3 is 0 Å². The minimum atomic E-state index is -0.880. The number of halogens is 2. The van der Waals surface area contributed by atoms with Gasteiger partial charge in [0.05, 0.1) is 6.20 Å². The van der Waals surface area contributed by atoms with Crippen LogP contribution in [0.3, 0.4) is 0 Å². The van der Waals surface area contributed by atoms with E-state index in [1.807, 2.05) is 0 Å². The summed E-state index contributed by atoms with van der Waals surface area (Å²) in [6.45, 7) is 0. The minimum absolute atomic E-state index is 0.134. The first-order valence-electron chi connectivity index (χ1n) is 4.64. The highest BCUT2D eigenvalue weighted by atomic mass is 35.5. The molecule has 4 nitrogen and oxygen atoms in total. The average molecular weight is 242 g/mol. The lowest BCUT2D eigenvalue weighted by Gasteiger charge is -2.08. The summed E-state index contributed by atoms with van der Waals surface area (Å²) in [4.78, 5) is 0. The van der Waals surface area contributed by atoms with Gasteiger partial charge in [-0.1, -0.05) is 17.7 Å². The van der Waals surface area contributed by atoms with Crippen LogP contribution in [0.5, 0.6) is 0 Å². The first-order chi connectivity index (χ1) is 7.66. The number of aromatic nitrogens is 3. The molecule has 0 radical (unpaired) electrons. The van der Waals surface area contributed by atoms with Crippen molar-refractivity contribution in [1.29, 1.82) is 0 Å². The number of benzene rings is 1. The molecule has 0 aliphatic rings. The van der Waals surface area contributed by atoms with Crippen molar-refractivity contribution in [3.8, 4) is 0 Å². The molecule has 16 heavy (non-hydrogen) atoms. The van der Waals surface area contributed by atoms with Crippen molar-refractivity contribution in [2.45, 2.75) is 12.5 Å². The van der Waals surface area contributed by atoms with Crippen molar-refractivity contribution in [3.63, 3.8) is 0 Å². The van der Waals surface area contributed by atoms with E-state index in [4.69, 9.17) is 11.6 Å². The predicted octanol–water partition coefficient (Wildman–Crippen LogP) is 1.87. The van der Waals surface area contributed by atoms with Crippen LogP contribution in [0.15, 0.2) is 24.4 Å². The molecule has 84 valence electrons. The molecule has 1 heterocycles.